The quantitative estimate of drug-likeness (QED) is 0.205. The Morgan fingerprint density at radius 1 is 1.09 bits per heavy atom. The zero-order chi connectivity index (χ0) is 25.4. The second kappa shape index (κ2) is 16.5. The molecule has 0 saturated heterocycles. The molecular formula is C28H42F2O4. The largest absolute Gasteiger partial charge is 0.461 e. The predicted molar refractivity (Wildman–Crippen MR) is 131 cm³/mol. The molecule has 192 valence electrons. The van der Waals surface area contributed by atoms with Crippen LogP contribution in [0.1, 0.15) is 103 Å². The Hall–Kier alpha value is -2.11. The topological polar surface area (TPSA) is 60.4 Å². The van der Waals surface area contributed by atoms with Crippen LogP contribution in [0.2, 0.25) is 0 Å². The number of benzene rings is 1. The van der Waals surface area contributed by atoms with E-state index in [9.17, 15) is 23.2 Å². The van der Waals surface area contributed by atoms with Gasteiger partial charge in [0.05, 0.1) is 0 Å². The molecule has 0 heterocycles. The number of Topliss-reactive ketones (excluding diaryl/α,β-unsaturated/α-hetero) is 2. The molecule has 6 heteroatoms. The van der Waals surface area contributed by atoms with Gasteiger partial charge in [0.25, 0.3) is 0 Å². The highest BCUT2D eigenvalue weighted by atomic mass is 19.3. The van der Waals surface area contributed by atoms with Crippen LogP contribution in [0.3, 0.4) is 0 Å². The molecule has 0 radical (unpaired) electrons. The Bertz CT molecular complexity index is 733. The summed E-state index contributed by atoms with van der Waals surface area (Å²) in [5, 5.41) is 0. The van der Waals surface area contributed by atoms with Crippen LogP contribution in [0.4, 0.5) is 8.78 Å². The lowest BCUT2D eigenvalue weighted by Crippen LogP contribution is -2.31. The molecule has 1 saturated carbocycles. The van der Waals surface area contributed by atoms with Crippen LogP contribution in [0.5, 0.6) is 0 Å². The van der Waals surface area contributed by atoms with E-state index in [0.29, 0.717) is 38.7 Å². The molecule has 1 aliphatic carbocycles. The molecule has 0 spiro atoms. The van der Waals surface area contributed by atoms with Crippen LogP contribution < -0.4 is 0 Å². The van der Waals surface area contributed by atoms with Gasteiger partial charge >= 0.3 is 11.9 Å². The monoisotopic (exact) mass is 480 g/mol. The summed E-state index contributed by atoms with van der Waals surface area (Å²) in [5.74, 6) is -4.04. The van der Waals surface area contributed by atoms with E-state index in [1.165, 1.54) is 12.8 Å². The zero-order valence-corrected chi connectivity index (χ0v) is 21.1. The number of esters is 1. The van der Waals surface area contributed by atoms with Gasteiger partial charge in [0.2, 0.25) is 5.78 Å². The van der Waals surface area contributed by atoms with Gasteiger partial charge in [-0.1, -0.05) is 76.8 Å². The maximum absolute atomic E-state index is 13.6. The highest BCUT2D eigenvalue weighted by Gasteiger charge is 2.39. The maximum atomic E-state index is 13.6. The first kappa shape index (κ1) is 29.9. The highest BCUT2D eigenvalue weighted by Crippen LogP contribution is 2.31. The van der Waals surface area contributed by atoms with E-state index in [4.69, 9.17) is 4.74 Å². The Balaban J connectivity index is 0.000000342. The average molecular weight is 481 g/mol. The summed E-state index contributed by atoms with van der Waals surface area (Å²) in [4.78, 5) is 33.9. The fourth-order valence-corrected chi connectivity index (χ4v) is 3.86. The summed E-state index contributed by atoms with van der Waals surface area (Å²) < 4.78 is 32.3. The first-order valence-electron chi connectivity index (χ1n) is 12.8. The van der Waals surface area contributed by atoms with E-state index in [0.717, 1.165) is 24.8 Å². The average Bonchev–Trinajstić information content (AvgIpc) is 3.24. The third-order valence-electron chi connectivity index (χ3n) is 6.31. The second-order valence-electron chi connectivity index (χ2n) is 9.49. The van der Waals surface area contributed by atoms with Crippen LogP contribution in [0.15, 0.2) is 30.3 Å². The van der Waals surface area contributed by atoms with Crippen molar-refractivity contribution in [1.29, 1.82) is 0 Å². The number of ether oxygens (including phenoxy) is 1. The summed E-state index contributed by atoms with van der Waals surface area (Å²) in [7, 11) is 0. The number of carbonyl (C=O) groups is 3. The molecule has 2 atom stereocenters. The van der Waals surface area contributed by atoms with Crippen molar-refractivity contribution in [2.75, 3.05) is 0 Å². The first-order chi connectivity index (χ1) is 16.2. The van der Waals surface area contributed by atoms with Gasteiger partial charge in [-0.3, -0.25) is 14.4 Å². The van der Waals surface area contributed by atoms with Gasteiger partial charge in [0.1, 0.15) is 12.4 Å². The number of ketones is 2. The van der Waals surface area contributed by atoms with Crippen molar-refractivity contribution in [2.24, 2.45) is 11.8 Å². The maximum Gasteiger partial charge on any atom is 0.306 e. The smallest absolute Gasteiger partial charge is 0.306 e. The van der Waals surface area contributed by atoms with Crippen molar-refractivity contribution in [3.8, 4) is 0 Å². The Morgan fingerprint density at radius 3 is 2.38 bits per heavy atom. The van der Waals surface area contributed by atoms with Crippen LogP contribution >= 0.6 is 0 Å². The molecule has 1 aromatic rings. The molecule has 0 aromatic heterocycles. The van der Waals surface area contributed by atoms with Gasteiger partial charge in [-0.15, -0.1) is 0 Å². The van der Waals surface area contributed by atoms with Crippen LogP contribution in [-0.2, 0) is 25.7 Å². The Labute approximate surface area is 203 Å². The van der Waals surface area contributed by atoms with Crippen molar-refractivity contribution in [2.45, 2.75) is 110 Å². The van der Waals surface area contributed by atoms with E-state index < -0.39 is 11.7 Å². The van der Waals surface area contributed by atoms with E-state index >= 15 is 0 Å². The molecule has 4 nitrogen and oxygen atoms in total. The van der Waals surface area contributed by atoms with E-state index in [1.807, 2.05) is 37.3 Å². The molecule has 0 N–H and O–H groups in total. The van der Waals surface area contributed by atoms with Crippen LogP contribution in [0, 0.1) is 11.8 Å². The first-order valence-corrected chi connectivity index (χ1v) is 12.8. The highest BCUT2D eigenvalue weighted by molar-refractivity contribution is 5.85. The fraction of sp³-hybridized carbons (Fsp3) is 0.679. The van der Waals surface area contributed by atoms with E-state index in [2.05, 4.69) is 6.92 Å². The third-order valence-corrected chi connectivity index (χ3v) is 6.31. The van der Waals surface area contributed by atoms with E-state index in [-0.39, 0.29) is 36.4 Å². The standard InChI is InChI=1S/C14H22F2O2.C14H20O2/c1-3-10(2)9-14(15,16)13(18)7-5-11-4-6-12(17)8-11;1-2-3-4-8-11-14(15)16-12-13-9-6-5-7-10-13/h10-11H,3-9H2,1-2H3;5-7,9-10H,2-4,8,11-12H2,1H3. The molecule has 0 amide bonds. The van der Waals surface area contributed by atoms with Gasteiger partial charge in [0, 0.05) is 32.1 Å². The van der Waals surface area contributed by atoms with Crippen LogP contribution in [-0.4, -0.2) is 23.5 Å². The number of rotatable bonds is 14. The summed E-state index contributed by atoms with van der Waals surface area (Å²) >= 11 is 0. The van der Waals surface area contributed by atoms with Gasteiger partial charge in [-0.25, -0.2) is 0 Å². The summed E-state index contributed by atoms with van der Waals surface area (Å²) in [5.41, 5.74) is 1.05. The predicted octanol–water partition coefficient (Wildman–Crippen LogP) is 7.48. The summed E-state index contributed by atoms with van der Waals surface area (Å²) in [6.07, 6.45) is 7.40. The number of hydrogen-bond acceptors (Lipinski definition) is 4. The molecule has 1 aliphatic rings. The summed E-state index contributed by atoms with van der Waals surface area (Å²) in [6.45, 7) is 6.13. The molecule has 0 aliphatic heterocycles. The Morgan fingerprint density at radius 2 is 1.79 bits per heavy atom. The van der Waals surface area contributed by atoms with Crippen molar-refractivity contribution in [3.05, 3.63) is 35.9 Å². The number of halogens is 2. The lowest BCUT2D eigenvalue weighted by Gasteiger charge is -2.19. The van der Waals surface area contributed by atoms with Crippen molar-refractivity contribution in [3.63, 3.8) is 0 Å². The second-order valence-corrected chi connectivity index (χ2v) is 9.49. The van der Waals surface area contributed by atoms with Gasteiger partial charge in [-0.2, -0.15) is 8.78 Å². The third kappa shape index (κ3) is 13.0. The molecule has 1 aromatic carbocycles. The minimum atomic E-state index is -3.20. The van der Waals surface area contributed by atoms with E-state index in [1.54, 1.807) is 6.92 Å². The van der Waals surface area contributed by atoms with Crippen molar-refractivity contribution < 1.29 is 27.9 Å². The number of alkyl halides is 2. The molecule has 2 unspecified atom stereocenters. The Kier molecular flexibility index (Phi) is 14.5. The number of hydrogen-bond donors (Lipinski definition) is 0. The summed E-state index contributed by atoms with van der Waals surface area (Å²) in [6, 6.07) is 9.78. The minimum absolute atomic E-state index is 0.0834. The molecule has 2 rings (SSSR count). The minimum Gasteiger partial charge on any atom is -0.461 e. The van der Waals surface area contributed by atoms with Crippen molar-refractivity contribution >= 4 is 17.5 Å². The molecule has 34 heavy (non-hydrogen) atoms. The molecule has 0 bridgehead atoms. The lowest BCUT2D eigenvalue weighted by atomic mass is 9.93. The van der Waals surface area contributed by atoms with Gasteiger partial charge in [0.15, 0.2) is 0 Å². The SMILES string of the molecule is CCC(C)CC(F)(F)C(=O)CCC1CCC(=O)C1.CCCCCCC(=O)OCc1ccccc1. The molecule has 1 fully saturated rings. The number of unbranched alkanes of at least 4 members (excludes halogenated alkanes) is 3. The fourth-order valence-electron chi connectivity index (χ4n) is 3.86. The van der Waals surface area contributed by atoms with Crippen molar-refractivity contribution in [1.82, 2.24) is 0 Å². The lowest BCUT2D eigenvalue weighted by molar-refractivity contribution is -0.146. The normalized spacial score (nSPS) is 16.5. The zero-order valence-electron chi connectivity index (χ0n) is 21.1. The van der Waals surface area contributed by atoms with Crippen LogP contribution in [0.25, 0.3) is 0 Å². The van der Waals surface area contributed by atoms with Gasteiger partial charge in [-0.05, 0) is 36.7 Å². The van der Waals surface area contributed by atoms with Gasteiger partial charge < -0.3 is 4.74 Å². The number of carbonyl (C=O) groups excluding carboxylic acids is 3. The molecular weight excluding hydrogens is 438 g/mol.